The number of pyridine rings is 1. The molecule has 2 nitrogen and oxygen atoms in total. The first-order chi connectivity index (χ1) is 6.72. The first kappa shape index (κ1) is 9.10. The highest BCUT2D eigenvalue weighted by molar-refractivity contribution is 9.10. The van der Waals surface area contributed by atoms with Crippen LogP contribution in [-0.4, -0.2) is 4.98 Å². The van der Waals surface area contributed by atoms with Crippen LogP contribution in [0.15, 0.2) is 28.9 Å². The summed E-state index contributed by atoms with van der Waals surface area (Å²) in [5, 5.41) is 9.35. The van der Waals surface area contributed by atoms with E-state index in [-0.39, 0.29) is 5.82 Å². The van der Waals surface area contributed by atoms with Crippen LogP contribution >= 0.6 is 15.9 Å². The minimum Gasteiger partial charge on any atom is -0.255 e. The molecule has 0 unspecified atom stereocenters. The van der Waals surface area contributed by atoms with Crippen LogP contribution in [0, 0.1) is 17.1 Å². The van der Waals surface area contributed by atoms with Gasteiger partial charge in [0.25, 0.3) is 0 Å². The van der Waals surface area contributed by atoms with Gasteiger partial charge in [-0.15, -0.1) is 0 Å². The highest BCUT2D eigenvalue weighted by Gasteiger charge is 2.06. The molecule has 2 rings (SSSR count). The van der Waals surface area contributed by atoms with Crippen molar-refractivity contribution in [3.8, 4) is 6.07 Å². The molecular weight excluding hydrogens is 247 g/mol. The van der Waals surface area contributed by atoms with E-state index in [2.05, 4.69) is 20.9 Å². The van der Waals surface area contributed by atoms with Crippen LogP contribution in [0.5, 0.6) is 0 Å². The highest BCUT2D eigenvalue weighted by Crippen LogP contribution is 2.26. The molecule has 0 bridgehead atoms. The van der Waals surface area contributed by atoms with Gasteiger partial charge in [0, 0.05) is 16.1 Å². The third kappa shape index (κ3) is 1.36. The fraction of sp³-hybridized carbons (Fsp3) is 0. The summed E-state index contributed by atoms with van der Waals surface area (Å²) in [6.45, 7) is 0. The van der Waals surface area contributed by atoms with Crippen molar-refractivity contribution in [1.29, 1.82) is 5.26 Å². The summed E-state index contributed by atoms with van der Waals surface area (Å²) in [5.41, 5.74) is 1.07. The van der Waals surface area contributed by atoms with Crippen molar-refractivity contribution < 1.29 is 4.39 Å². The van der Waals surface area contributed by atoms with E-state index in [1.807, 2.05) is 6.07 Å². The topological polar surface area (TPSA) is 36.7 Å². The average molecular weight is 251 g/mol. The largest absolute Gasteiger partial charge is 0.255 e. The second kappa shape index (κ2) is 3.35. The Bertz CT molecular complexity index is 546. The summed E-state index contributed by atoms with van der Waals surface area (Å²) >= 11 is 3.25. The quantitative estimate of drug-likeness (QED) is 0.721. The van der Waals surface area contributed by atoms with Crippen LogP contribution in [0.3, 0.4) is 0 Å². The number of nitrogens with zero attached hydrogens (tertiary/aromatic N) is 2. The summed E-state index contributed by atoms with van der Waals surface area (Å²) in [4.78, 5) is 4.03. The predicted molar refractivity (Wildman–Crippen MR) is 54.1 cm³/mol. The number of nitriles is 1. The van der Waals surface area contributed by atoms with E-state index in [0.717, 1.165) is 0 Å². The molecular formula is C10H4BrFN2. The van der Waals surface area contributed by atoms with Crippen molar-refractivity contribution in [1.82, 2.24) is 4.98 Å². The molecule has 0 N–H and O–H groups in total. The van der Waals surface area contributed by atoms with E-state index < -0.39 is 0 Å². The molecule has 4 heteroatoms. The second-order valence-electron chi connectivity index (χ2n) is 2.76. The molecule has 0 atom stereocenters. The number of benzene rings is 1. The first-order valence-corrected chi connectivity index (χ1v) is 4.65. The minimum absolute atomic E-state index is 0.338. The zero-order valence-electron chi connectivity index (χ0n) is 6.96. The van der Waals surface area contributed by atoms with E-state index in [9.17, 15) is 4.39 Å². The van der Waals surface area contributed by atoms with Crippen molar-refractivity contribution >= 4 is 26.8 Å². The first-order valence-electron chi connectivity index (χ1n) is 3.86. The standard InChI is InChI=1S/C10H4BrFN2/c11-10-6(4-13)5-14-9-2-1-7(12)3-8(9)10/h1-3,5H. The molecule has 0 spiro atoms. The Hall–Kier alpha value is -1.47. The van der Waals surface area contributed by atoms with Gasteiger partial charge < -0.3 is 0 Å². The molecule has 0 radical (unpaired) electrons. The zero-order valence-corrected chi connectivity index (χ0v) is 8.55. The normalized spacial score (nSPS) is 10.1. The van der Waals surface area contributed by atoms with Crippen LogP contribution in [0.2, 0.25) is 0 Å². The smallest absolute Gasteiger partial charge is 0.124 e. The molecule has 0 amide bonds. The lowest BCUT2D eigenvalue weighted by atomic mass is 10.2. The van der Waals surface area contributed by atoms with Gasteiger partial charge in [-0.2, -0.15) is 5.26 Å². The average Bonchev–Trinajstić information content (AvgIpc) is 2.20. The molecule has 0 aliphatic heterocycles. The molecule has 0 saturated heterocycles. The van der Waals surface area contributed by atoms with E-state index in [4.69, 9.17) is 5.26 Å². The van der Waals surface area contributed by atoms with Crippen molar-refractivity contribution in [2.45, 2.75) is 0 Å². The van der Waals surface area contributed by atoms with E-state index >= 15 is 0 Å². The molecule has 1 aromatic carbocycles. The van der Waals surface area contributed by atoms with Gasteiger partial charge in [0.05, 0.1) is 11.1 Å². The molecule has 0 aliphatic carbocycles. The number of rotatable bonds is 0. The Morgan fingerprint density at radius 2 is 2.21 bits per heavy atom. The molecule has 68 valence electrons. The highest BCUT2D eigenvalue weighted by atomic mass is 79.9. The van der Waals surface area contributed by atoms with Crippen molar-refractivity contribution in [2.24, 2.45) is 0 Å². The third-order valence-corrected chi connectivity index (χ3v) is 2.74. The number of halogens is 2. The second-order valence-corrected chi connectivity index (χ2v) is 3.55. The minimum atomic E-state index is -0.338. The van der Waals surface area contributed by atoms with Gasteiger partial charge in [-0.25, -0.2) is 4.39 Å². The van der Waals surface area contributed by atoms with Crippen molar-refractivity contribution in [2.75, 3.05) is 0 Å². The van der Waals surface area contributed by atoms with Crippen LogP contribution in [-0.2, 0) is 0 Å². The summed E-state index contributed by atoms with van der Waals surface area (Å²) < 4.78 is 13.5. The van der Waals surface area contributed by atoms with Crippen molar-refractivity contribution in [3.05, 3.63) is 40.2 Å². The summed E-state index contributed by atoms with van der Waals surface area (Å²) in [5.74, 6) is -0.338. The third-order valence-electron chi connectivity index (χ3n) is 1.88. The number of hydrogen-bond donors (Lipinski definition) is 0. The zero-order chi connectivity index (χ0) is 10.1. The predicted octanol–water partition coefficient (Wildman–Crippen LogP) is 3.01. The lowest BCUT2D eigenvalue weighted by Gasteiger charge is -2.01. The molecule has 0 saturated carbocycles. The van der Waals surface area contributed by atoms with Gasteiger partial charge in [-0.05, 0) is 34.1 Å². The van der Waals surface area contributed by atoms with Crippen LogP contribution in [0.25, 0.3) is 10.9 Å². The molecule has 14 heavy (non-hydrogen) atoms. The maximum Gasteiger partial charge on any atom is 0.124 e. The van der Waals surface area contributed by atoms with Crippen molar-refractivity contribution in [3.63, 3.8) is 0 Å². The number of hydrogen-bond acceptors (Lipinski definition) is 2. The molecule has 0 fully saturated rings. The van der Waals surface area contributed by atoms with E-state index in [1.165, 1.54) is 18.3 Å². The van der Waals surface area contributed by atoms with Gasteiger partial charge in [-0.3, -0.25) is 4.98 Å². The number of aromatic nitrogens is 1. The van der Waals surface area contributed by atoms with Crippen LogP contribution < -0.4 is 0 Å². The summed E-state index contributed by atoms with van der Waals surface area (Å²) in [6.07, 6.45) is 1.46. The summed E-state index contributed by atoms with van der Waals surface area (Å²) in [6, 6.07) is 6.25. The molecule has 0 aliphatic rings. The maximum absolute atomic E-state index is 12.9. The van der Waals surface area contributed by atoms with Gasteiger partial charge in [-0.1, -0.05) is 0 Å². The van der Waals surface area contributed by atoms with E-state index in [0.29, 0.717) is 20.9 Å². The Morgan fingerprint density at radius 1 is 1.43 bits per heavy atom. The fourth-order valence-electron chi connectivity index (χ4n) is 1.21. The van der Waals surface area contributed by atoms with Gasteiger partial charge in [0.1, 0.15) is 11.9 Å². The fourth-order valence-corrected chi connectivity index (χ4v) is 1.72. The van der Waals surface area contributed by atoms with Gasteiger partial charge >= 0.3 is 0 Å². The Balaban J connectivity index is 2.88. The van der Waals surface area contributed by atoms with Crippen LogP contribution in [0.4, 0.5) is 4.39 Å². The van der Waals surface area contributed by atoms with E-state index in [1.54, 1.807) is 6.07 Å². The molecule has 1 aromatic heterocycles. The molecule has 1 heterocycles. The van der Waals surface area contributed by atoms with Crippen LogP contribution in [0.1, 0.15) is 5.56 Å². The summed E-state index contributed by atoms with van der Waals surface area (Å²) in [7, 11) is 0. The monoisotopic (exact) mass is 250 g/mol. The lowest BCUT2D eigenvalue weighted by molar-refractivity contribution is 0.629. The maximum atomic E-state index is 12.9. The number of fused-ring (bicyclic) bond motifs is 1. The van der Waals surface area contributed by atoms with Gasteiger partial charge in [0.2, 0.25) is 0 Å². The SMILES string of the molecule is N#Cc1cnc2ccc(F)cc2c1Br. The molecule has 2 aromatic rings. The lowest BCUT2D eigenvalue weighted by Crippen LogP contribution is -1.86. The Morgan fingerprint density at radius 3 is 2.93 bits per heavy atom. The Labute approximate surface area is 88.1 Å². The van der Waals surface area contributed by atoms with Gasteiger partial charge in [0.15, 0.2) is 0 Å². The Kier molecular flexibility index (Phi) is 2.18.